The molecular formula is C19H21N. The Kier molecular flexibility index (Phi) is 4.58. The lowest BCUT2D eigenvalue weighted by molar-refractivity contribution is 0.856. The third kappa shape index (κ3) is 3.08. The van der Waals surface area contributed by atoms with Crippen molar-refractivity contribution in [3.8, 4) is 17.2 Å². The van der Waals surface area contributed by atoms with Gasteiger partial charge in [0.15, 0.2) is 0 Å². The van der Waals surface area contributed by atoms with Crippen LogP contribution in [0.1, 0.15) is 49.8 Å². The minimum absolute atomic E-state index is 0.498. The van der Waals surface area contributed by atoms with Crippen molar-refractivity contribution in [1.29, 1.82) is 5.26 Å². The van der Waals surface area contributed by atoms with E-state index < -0.39 is 0 Å². The molecule has 2 aromatic carbocycles. The van der Waals surface area contributed by atoms with E-state index in [0.717, 1.165) is 6.42 Å². The molecule has 0 aliphatic rings. The quantitative estimate of drug-likeness (QED) is 0.734. The van der Waals surface area contributed by atoms with Gasteiger partial charge in [0.05, 0.1) is 11.6 Å². The van der Waals surface area contributed by atoms with Crippen molar-refractivity contribution >= 4 is 0 Å². The predicted octanol–water partition coefficient (Wildman–Crippen LogP) is 5.30. The van der Waals surface area contributed by atoms with E-state index in [1.54, 1.807) is 0 Å². The van der Waals surface area contributed by atoms with E-state index in [1.807, 2.05) is 24.3 Å². The van der Waals surface area contributed by atoms with Crippen LogP contribution in [-0.4, -0.2) is 0 Å². The number of nitriles is 1. The zero-order chi connectivity index (χ0) is 14.5. The van der Waals surface area contributed by atoms with Crippen LogP contribution in [-0.2, 0) is 6.42 Å². The fourth-order valence-corrected chi connectivity index (χ4v) is 2.52. The van der Waals surface area contributed by atoms with Crippen LogP contribution in [0.3, 0.4) is 0 Å². The number of rotatable bonds is 4. The molecule has 2 rings (SSSR count). The first-order valence-electron chi connectivity index (χ1n) is 7.29. The van der Waals surface area contributed by atoms with Gasteiger partial charge in [-0.3, -0.25) is 0 Å². The van der Waals surface area contributed by atoms with E-state index >= 15 is 0 Å². The second kappa shape index (κ2) is 6.39. The van der Waals surface area contributed by atoms with Gasteiger partial charge in [-0.15, -0.1) is 0 Å². The van der Waals surface area contributed by atoms with Gasteiger partial charge in [-0.1, -0.05) is 57.5 Å². The third-order valence-corrected chi connectivity index (χ3v) is 3.60. The summed E-state index contributed by atoms with van der Waals surface area (Å²) in [7, 11) is 0. The molecule has 2 aromatic rings. The molecule has 0 amide bonds. The topological polar surface area (TPSA) is 23.8 Å². The molecule has 1 nitrogen and oxygen atoms in total. The van der Waals surface area contributed by atoms with Crippen molar-refractivity contribution in [3.63, 3.8) is 0 Å². The van der Waals surface area contributed by atoms with E-state index in [9.17, 15) is 0 Å². The minimum Gasteiger partial charge on any atom is -0.192 e. The van der Waals surface area contributed by atoms with Crippen molar-refractivity contribution in [2.75, 3.05) is 0 Å². The van der Waals surface area contributed by atoms with Crippen LogP contribution >= 0.6 is 0 Å². The van der Waals surface area contributed by atoms with Gasteiger partial charge in [-0.25, -0.2) is 0 Å². The lowest BCUT2D eigenvalue weighted by Crippen LogP contribution is -1.95. The predicted molar refractivity (Wildman–Crippen MR) is 84.7 cm³/mol. The van der Waals surface area contributed by atoms with Crippen molar-refractivity contribution in [2.24, 2.45) is 0 Å². The Labute approximate surface area is 121 Å². The maximum Gasteiger partial charge on any atom is 0.0991 e. The second-order valence-corrected chi connectivity index (χ2v) is 5.52. The molecule has 20 heavy (non-hydrogen) atoms. The highest BCUT2D eigenvalue weighted by molar-refractivity contribution is 5.69. The van der Waals surface area contributed by atoms with Gasteiger partial charge >= 0.3 is 0 Å². The molecule has 1 heteroatoms. The highest BCUT2D eigenvalue weighted by atomic mass is 14.2. The van der Waals surface area contributed by atoms with E-state index in [0.29, 0.717) is 11.5 Å². The Morgan fingerprint density at radius 3 is 2.30 bits per heavy atom. The molecular weight excluding hydrogens is 242 g/mol. The first-order chi connectivity index (χ1) is 9.65. The molecule has 0 radical (unpaired) electrons. The molecule has 0 saturated carbocycles. The maximum atomic E-state index is 8.89. The van der Waals surface area contributed by atoms with E-state index in [-0.39, 0.29) is 0 Å². The summed E-state index contributed by atoms with van der Waals surface area (Å²) in [5, 5.41) is 8.89. The summed E-state index contributed by atoms with van der Waals surface area (Å²) in [6.07, 6.45) is 2.31. The van der Waals surface area contributed by atoms with Gasteiger partial charge in [0.25, 0.3) is 0 Å². The Morgan fingerprint density at radius 2 is 1.75 bits per heavy atom. The van der Waals surface area contributed by atoms with E-state index in [4.69, 9.17) is 5.26 Å². The monoisotopic (exact) mass is 263 g/mol. The summed E-state index contributed by atoms with van der Waals surface area (Å²) < 4.78 is 0. The minimum atomic E-state index is 0.498. The summed E-state index contributed by atoms with van der Waals surface area (Å²) in [6.45, 7) is 6.68. The molecule has 0 N–H and O–H groups in total. The van der Waals surface area contributed by atoms with Gasteiger partial charge in [0.1, 0.15) is 0 Å². The Bertz CT molecular complexity index is 615. The van der Waals surface area contributed by atoms with Gasteiger partial charge in [-0.2, -0.15) is 5.26 Å². The summed E-state index contributed by atoms with van der Waals surface area (Å²) in [5.41, 5.74) is 5.98. The molecule has 0 atom stereocenters. The number of benzene rings is 2. The molecule has 0 heterocycles. The molecule has 0 bridgehead atoms. The zero-order valence-electron chi connectivity index (χ0n) is 12.5. The Balaban J connectivity index is 2.46. The molecule has 0 fully saturated rings. The molecule has 0 aliphatic carbocycles. The van der Waals surface area contributed by atoms with Crippen LogP contribution in [0.25, 0.3) is 11.1 Å². The average Bonchev–Trinajstić information content (AvgIpc) is 2.47. The Hall–Kier alpha value is -2.07. The van der Waals surface area contributed by atoms with Gasteiger partial charge in [0, 0.05) is 0 Å². The highest BCUT2D eigenvalue weighted by Gasteiger charge is 2.09. The number of hydrogen-bond donors (Lipinski definition) is 0. The van der Waals surface area contributed by atoms with Crippen LogP contribution in [0.5, 0.6) is 0 Å². The SMILES string of the molecule is CCCc1ccc(-c2ccc(C#N)cc2)c(C(C)C)c1. The summed E-state index contributed by atoms with van der Waals surface area (Å²) in [6, 6.07) is 16.8. The fraction of sp³-hybridized carbons (Fsp3) is 0.316. The number of aryl methyl sites for hydroxylation is 1. The van der Waals surface area contributed by atoms with Gasteiger partial charge in [0.2, 0.25) is 0 Å². The summed E-state index contributed by atoms with van der Waals surface area (Å²) in [4.78, 5) is 0. The number of hydrogen-bond acceptors (Lipinski definition) is 1. The molecule has 0 unspecified atom stereocenters. The maximum absolute atomic E-state index is 8.89. The Morgan fingerprint density at radius 1 is 1.05 bits per heavy atom. The zero-order valence-corrected chi connectivity index (χ0v) is 12.5. The largest absolute Gasteiger partial charge is 0.192 e. The van der Waals surface area contributed by atoms with E-state index in [2.05, 4.69) is 45.0 Å². The fourth-order valence-electron chi connectivity index (χ4n) is 2.52. The van der Waals surface area contributed by atoms with Crippen LogP contribution in [0.4, 0.5) is 0 Å². The molecule has 0 saturated heterocycles. The van der Waals surface area contributed by atoms with Crippen molar-refractivity contribution < 1.29 is 0 Å². The van der Waals surface area contributed by atoms with Crippen molar-refractivity contribution in [1.82, 2.24) is 0 Å². The molecule has 0 spiro atoms. The summed E-state index contributed by atoms with van der Waals surface area (Å²) in [5.74, 6) is 0.498. The smallest absolute Gasteiger partial charge is 0.0991 e. The van der Waals surface area contributed by atoms with E-state index in [1.165, 1.54) is 28.7 Å². The van der Waals surface area contributed by atoms with Gasteiger partial charge in [-0.05, 0) is 46.7 Å². The summed E-state index contributed by atoms with van der Waals surface area (Å²) >= 11 is 0. The van der Waals surface area contributed by atoms with Crippen LogP contribution in [0.2, 0.25) is 0 Å². The average molecular weight is 263 g/mol. The highest BCUT2D eigenvalue weighted by Crippen LogP contribution is 2.30. The second-order valence-electron chi connectivity index (χ2n) is 5.52. The van der Waals surface area contributed by atoms with Crippen LogP contribution < -0.4 is 0 Å². The van der Waals surface area contributed by atoms with Crippen LogP contribution in [0.15, 0.2) is 42.5 Å². The lowest BCUT2D eigenvalue weighted by atomic mass is 9.90. The van der Waals surface area contributed by atoms with Crippen molar-refractivity contribution in [2.45, 2.75) is 39.5 Å². The van der Waals surface area contributed by atoms with Crippen LogP contribution in [0, 0.1) is 11.3 Å². The molecule has 0 aliphatic heterocycles. The third-order valence-electron chi connectivity index (χ3n) is 3.60. The number of nitrogens with zero attached hydrogens (tertiary/aromatic N) is 1. The normalized spacial score (nSPS) is 10.6. The first kappa shape index (κ1) is 14.3. The first-order valence-corrected chi connectivity index (χ1v) is 7.29. The molecule has 102 valence electrons. The van der Waals surface area contributed by atoms with Gasteiger partial charge < -0.3 is 0 Å². The standard InChI is InChI=1S/C19H21N/c1-4-5-15-8-11-18(19(12-15)14(2)3)17-9-6-16(13-20)7-10-17/h6-12,14H,4-5H2,1-3H3. The lowest BCUT2D eigenvalue weighted by Gasteiger charge is -2.15. The van der Waals surface area contributed by atoms with Crippen molar-refractivity contribution in [3.05, 3.63) is 59.2 Å². The molecule has 0 aromatic heterocycles.